The van der Waals surface area contributed by atoms with Crippen molar-refractivity contribution in [2.24, 2.45) is 5.92 Å². The van der Waals surface area contributed by atoms with Gasteiger partial charge < -0.3 is 25.4 Å². The molecular weight excluding hydrogens is 453 g/mol. The van der Waals surface area contributed by atoms with Crippen molar-refractivity contribution >= 4 is 23.4 Å². The van der Waals surface area contributed by atoms with Gasteiger partial charge in [0.1, 0.15) is 5.82 Å². The first-order valence-electron chi connectivity index (χ1n) is 11.3. The topological polar surface area (TPSA) is 107 Å². The first kappa shape index (κ1) is 24.1. The highest BCUT2D eigenvalue weighted by atomic mass is 19.1. The molecule has 0 saturated heterocycles. The summed E-state index contributed by atoms with van der Waals surface area (Å²) in [4.78, 5) is 24.9. The lowest BCUT2D eigenvalue weighted by Gasteiger charge is -2.12. The van der Waals surface area contributed by atoms with Crippen LogP contribution in [0.2, 0.25) is 0 Å². The minimum absolute atomic E-state index is 0.0872. The molecule has 1 aromatic heterocycles. The lowest BCUT2D eigenvalue weighted by Crippen LogP contribution is -2.38. The highest BCUT2D eigenvalue weighted by Gasteiger charge is 2.31. The van der Waals surface area contributed by atoms with Gasteiger partial charge in [-0.1, -0.05) is 19.9 Å². The summed E-state index contributed by atoms with van der Waals surface area (Å²) in [7, 11) is 3.11. The van der Waals surface area contributed by atoms with Crippen molar-refractivity contribution in [3.8, 4) is 22.8 Å². The summed E-state index contributed by atoms with van der Waals surface area (Å²) in [6.45, 7) is 4.13. The van der Waals surface area contributed by atoms with E-state index < -0.39 is 6.03 Å². The van der Waals surface area contributed by atoms with E-state index in [1.54, 1.807) is 40.2 Å². The second-order valence-electron chi connectivity index (χ2n) is 8.44. The highest BCUT2D eigenvalue weighted by Crippen LogP contribution is 2.45. The van der Waals surface area contributed by atoms with Crippen LogP contribution in [0.1, 0.15) is 25.0 Å². The predicted octanol–water partition coefficient (Wildman–Crippen LogP) is 3.68. The molecule has 184 valence electrons. The molecule has 0 radical (unpaired) electrons. The van der Waals surface area contributed by atoms with E-state index in [4.69, 9.17) is 9.47 Å². The maximum absolute atomic E-state index is 13.8. The quantitative estimate of drug-likeness (QED) is 0.332. The van der Waals surface area contributed by atoms with Gasteiger partial charge in [0.05, 0.1) is 19.9 Å². The van der Waals surface area contributed by atoms with E-state index in [0.29, 0.717) is 41.7 Å². The van der Waals surface area contributed by atoms with Crippen molar-refractivity contribution in [1.82, 2.24) is 20.4 Å². The molecule has 1 heterocycles. The molecule has 0 atom stereocenters. The standard InChI is InChI=1S/C25H28FN5O4/c1-14(2)24(32)27-8-9-28-25(33)31-22-18-13-21(35-4)20(34-3)11-15(18)10-19(22)23(30-31)29-17-7-5-6-16(26)12-17/h5-7,11-14H,8-10H2,1-4H3,(H,27,32)(H,28,33)(H,29,30). The SMILES string of the molecule is COc1cc2c(cc1OC)-c1c(c(Nc3cccc(F)c3)nn1C(=O)NCCNC(=O)C(C)C)C2. The number of carbonyl (C=O) groups excluding carboxylic acids is 2. The third kappa shape index (κ3) is 4.91. The van der Waals surface area contributed by atoms with E-state index in [0.717, 1.165) is 16.7 Å². The molecule has 0 aliphatic heterocycles. The summed E-state index contributed by atoms with van der Waals surface area (Å²) in [6, 6.07) is 9.28. The van der Waals surface area contributed by atoms with Crippen LogP contribution < -0.4 is 25.4 Å². The van der Waals surface area contributed by atoms with E-state index in [1.807, 2.05) is 12.1 Å². The van der Waals surface area contributed by atoms with E-state index in [9.17, 15) is 14.0 Å². The van der Waals surface area contributed by atoms with Gasteiger partial charge >= 0.3 is 6.03 Å². The van der Waals surface area contributed by atoms with E-state index >= 15 is 0 Å². The minimum Gasteiger partial charge on any atom is -0.493 e. The van der Waals surface area contributed by atoms with Gasteiger partial charge in [-0.05, 0) is 35.9 Å². The van der Waals surface area contributed by atoms with Crippen LogP contribution in [0.15, 0.2) is 36.4 Å². The van der Waals surface area contributed by atoms with E-state index in [1.165, 1.54) is 16.8 Å². The summed E-state index contributed by atoms with van der Waals surface area (Å²) in [5, 5.41) is 13.2. The molecule has 3 aromatic rings. The molecule has 0 spiro atoms. The van der Waals surface area contributed by atoms with Crippen LogP contribution in [-0.4, -0.2) is 49.0 Å². The van der Waals surface area contributed by atoms with Crippen molar-refractivity contribution in [3.63, 3.8) is 0 Å². The normalized spacial score (nSPS) is 11.6. The average molecular weight is 482 g/mol. The maximum Gasteiger partial charge on any atom is 0.342 e. The monoisotopic (exact) mass is 481 g/mol. The van der Waals surface area contributed by atoms with Crippen molar-refractivity contribution in [3.05, 3.63) is 53.3 Å². The van der Waals surface area contributed by atoms with Crippen LogP contribution >= 0.6 is 0 Å². The number of carbonyl (C=O) groups is 2. The highest BCUT2D eigenvalue weighted by molar-refractivity contribution is 5.90. The molecule has 2 aromatic carbocycles. The fraction of sp³-hybridized carbons (Fsp3) is 0.320. The van der Waals surface area contributed by atoms with Crippen LogP contribution in [-0.2, 0) is 11.2 Å². The van der Waals surface area contributed by atoms with E-state index in [-0.39, 0.29) is 24.2 Å². The molecule has 10 heteroatoms. The molecule has 3 N–H and O–H groups in total. The lowest BCUT2D eigenvalue weighted by atomic mass is 10.1. The predicted molar refractivity (Wildman–Crippen MR) is 130 cm³/mol. The van der Waals surface area contributed by atoms with Crippen LogP contribution in [0.5, 0.6) is 11.5 Å². The molecule has 0 unspecified atom stereocenters. The number of anilines is 2. The van der Waals surface area contributed by atoms with Crippen LogP contribution in [0.25, 0.3) is 11.3 Å². The smallest absolute Gasteiger partial charge is 0.342 e. The molecule has 4 rings (SSSR count). The Morgan fingerprint density at radius 3 is 2.49 bits per heavy atom. The fourth-order valence-corrected chi connectivity index (χ4v) is 3.96. The summed E-state index contributed by atoms with van der Waals surface area (Å²) in [6.07, 6.45) is 0.500. The zero-order chi connectivity index (χ0) is 25.1. The van der Waals surface area contributed by atoms with Gasteiger partial charge in [-0.15, -0.1) is 5.10 Å². The number of amides is 2. The first-order chi connectivity index (χ1) is 16.8. The second kappa shape index (κ2) is 10.0. The van der Waals surface area contributed by atoms with Gasteiger partial charge in [0.25, 0.3) is 0 Å². The van der Waals surface area contributed by atoms with Gasteiger partial charge in [-0.25, -0.2) is 9.18 Å². The molecule has 1 aliphatic carbocycles. The van der Waals surface area contributed by atoms with Crippen LogP contribution in [0.3, 0.4) is 0 Å². The number of halogens is 1. The average Bonchev–Trinajstić information content (AvgIpc) is 3.37. The van der Waals surface area contributed by atoms with Gasteiger partial charge in [0.15, 0.2) is 17.3 Å². The molecule has 0 bridgehead atoms. The van der Waals surface area contributed by atoms with Gasteiger partial charge in [0, 0.05) is 42.2 Å². The van der Waals surface area contributed by atoms with Crippen LogP contribution in [0, 0.1) is 11.7 Å². The van der Waals surface area contributed by atoms with E-state index in [2.05, 4.69) is 21.0 Å². The minimum atomic E-state index is -0.449. The number of ether oxygens (including phenoxy) is 2. The third-order valence-electron chi connectivity index (χ3n) is 5.72. The number of methoxy groups -OCH3 is 2. The zero-order valence-corrected chi connectivity index (χ0v) is 20.1. The summed E-state index contributed by atoms with van der Waals surface area (Å²) in [5.74, 6) is 0.952. The Morgan fingerprint density at radius 1 is 1.09 bits per heavy atom. The number of nitrogens with one attached hydrogen (secondary N) is 3. The Bertz CT molecular complexity index is 1270. The molecule has 1 aliphatic rings. The summed E-state index contributed by atoms with van der Waals surface area (Å²) >= 11 is 0. The zero-order valence-electron chi connectivity index (χ0n) is 20.1. The summed E-state index contributed by atoms with van der Waals surface area (Å²) in [5.41, 5.74) is 3.66. The number of fused-ring (bicyclic) bond motifs is 3. The van der Waals surface area contributed by atoms with Gasteiger partial charge in [-0.3, -0.25) is 4.79 Å². The van der Waals surface area contributed by atoms with Crippen LogP contribution in [0.4, 0.5) is 20.7 Å². The number of nitrogens with zero attached hydrogens (tertiary/aromatic N) is 2. The Balaban J connectivity index is 1.66. The second-order valence-corrected chi connectivity index (χ2v) is 8.44. The maximum atomic E-state index is 13.8. The lowest BCUT2D eigenvalue weighted by molar-refractivity contribution is -0.123. The third-order valence-corrected chi connectivity index (χ3v) is 5.72. The number of hydrogen-bond donors (Lipinski definition) is 3. The Morgan fingerprint density at radius 2 is 1.80 bits per heavy atom. The number of rotatable bonds is 8. The Kier molecular flexibility index (Phi) is 6.90. The number of aromatic nitrogens is 2. The van der Waals surface area contributed by atoms with Gasteiger partial charge in [-0.2, -0.15) is 4.68 Å². The number of benzene rings is 2. The van der Waals surface area contributed by atoms with Crippen molar-refractivity contribution in [1.29, 1.82) is 0 Å². The molecule has 9 nitrogen and oxygen atoms in total. The number of hydrogen-bond acceptors (Lipinski definition) is 6. The Labute approximate surface area is 202 Å². The van der Waals surface area contributed by atoms with Gasteiger partial charge in [0.2, 0.25) is 5.91 Å². The van der Waals surface area contributed by atoms with Crippen molar-refractivity contribution in [2.45, 2.75) is 20.3 Å². The Hall–Kier alpha value is -4.08. The molecule has 0 fully saturated rings. The molecule has 2 amide bonds. The molecule has 0 saturated carbocycles. The first-order valence-corrected chi connectivity index (χ1v) is 11.3. The molecular formula is C25H28FN5O4. The van der Waals surface area contributed by atoms with Crippen molar-refractivity contribution < 1.29 is 23.5 Å². The molecule has 35 heavy (non-hydrogen) atoms. The largest absolute Gasteiger partial charge is 0.493 e. The van der Waals surface area contributed by atoms with Crippen molar-refractivity contribution in [2.75, 3.05) is 32.6 Å². The fourth-order valence-electron chi connectivity index (χ4n) is 3.96. The summed E-state index contributed by atoms with van der Waals surface area (Å²) < 4.78 is 25.9.